The van der Waals surface area contributed by atoms with Crippen LogP contribution in [-0.4, -0.2) is 68.6 Å². The van der Waals surface area contributed by atoms with E-state index in [9.17, 15) is 10.4 Å². The van der Waals surface area contributed by atoms with Crippen molar-refractivity contribution in [3.63, 3.8) is 0 Å². The summed E-state index contributed by atoms with van der Waals surface area (Å²) < 4.78 is 17.6. The molecule has 2 N–H and O–H groups in total. The third-order valence-corrected chi connectivity index (χ3v) is 8.36. The van der Waals surface area contributed by atoms with Gasteiger partial charge in [-0.15, -0.1) is 0 Å². The zero-order chi connectivity index (χ0) is 21.8. The predicted octanol–water partition coefficient (Wildman–Crippen LogP) is 7.04. The molecule has 0 aromatic carbocycles. The molecule has 2 rings (SSSR count). The fourth-order valence-electron chi connectivity index (χ4n) is 5.18. The average Bonchev–Trinajstić information content (AvgIpc) is 2.49. The Morgan fingerprint density at radius 1 is 0.677 bits per heavy atom. The van der Waals surface area contributed by atoms with Gasteiger partial charge in [0.1, 0.15) is 0 Å². The molecule has 2 heterocycles. The standard InChI is InChI=1S/C20H42N3O4P.3CH4/c1-17(2)11-15(12-18(3,4)22(17)24)26-28(10,21-9)27-16-13-19(5,6)23(25)20(7,8)14-16;;;/h15-16,24-25H,11-14H2,1-10H3;3*1H4. The van der Waals surface area contributed by atoms with Gasteiger partial charge in [-0.2, -0.15) is 10.1 Å². The number of hydrogen-bond acceptors (Lipinski definition) is 7. The first-order valence-corrected chi connectivity index (χ1v) is 12.3. The minimum atomic E-state index is -2.43. The lowest BCUT2D eigenvalue weighted by Gasteiger charge is -2.53. The van der Waals surface area contributed by atoms with Crippen molar-refractivity contribution in [2.45, 2.75) is 138 Å². The normalized spacial score (nSPS) is 26.2. The summed E-state index contributed by atoms with van der Waals surface area (Å²) in [5.74, 6) is 0. The maximum atomic E-state index is 10.5. The fourth-order valence-corrected chi connectivity index (χ4v) is 6.82. The van der Waals surface area contributed by atoms with Crippen LogP contribution in [0.4, 0.5) is 0 Å². The van der Waals surface area contributed by atoms with Gasteiger partial charge in [0.25, 0.3) is 0 Å². The Balaban J connectivity index is 0. The van der Waals surface area contributed by atoms with Gasteiger partial charge in [-0.1, -0.05) is 22.3 Å². The molecule has 0 saturated carbocycles. The van der Waals surface area contributed by atoms with Crippen LogP contribution in [0.1, 0.15) is 103 Å². The highest BCUT2D eigenvalue weighted by Gasteiger charge is 2.49. The van der Waals surface area contributed by atoms with E-state index in [2.05, 4.69) is 4.74 Å². The predicted molar refractivity (Wildman–Crippen MR) is 133 cm³/mol. The molecule has 2 fully saturated rings. The SMILES string of the molecule is C.C.C.CN=P(C)(OC1CC(C)(C)N(O)C(C)(C)C1)OC1CC(C)(C)N(O)C(C)(C)C1. The van der Waals surface area contributed by atoms with Gasteiger partial charge < -0.3 is 19.5 Å². The summed E-state index contributed by atoms with van der Waals surface area (Å²) in [6, 6.07) is 0. The van der Waals surface area contributed by atoms with Crippen LogP contribution in [0.2, 0.25) is 0 Å². The summed E-state index contributed by atoms with van der Waals surface area (Å²) in [6.45, 7) is 18.2. The molecule has 0 atom stereocenters. The van der Waals surface area contributed by atoms with Crippen LogP contribution in [0.25, 0.3) is 0 Å². The van der Waals surface area contributed by atoms with Crippen LogP contribution >= 0.6 is 7.51 Å². The minimum absolute atomic E-state index is 0. The molecule has 0 aliphatic carbocycles. The van der Waals surface area contributed by atoms with Gasteiger partial charge in [-0.25, -0.2) is 0 Å². The van der Waals surface area contributed by atoms with Gasteiger partial charge in [0.05, 0.1) is 12.2 Å². The van der Waals surface area contributed by atoms with Crippen molar-refractivity contribution in [2.24, 2.45) is 4.74 Å². The van der Waals surface area contributed by atoms with E-state index in [1.807, 2.05) is 62.1 Å². The summed E-state index contributed by atoms with van der Waals surface area (Å²) in [5, 5.41) is 24.0. The second kappa shape index (κ2) is 10.5. The molecule has 8 heteroatoms. The summed E-state index contributed by atoms with van der Waals surface area (Å²) in [5.41, 5.74) is -1.51. The Labute approximate surface area is 193 Å². The highest BCUT2D eigenvalue weighted by atomic mass is 31.2. The molecular weight excluding hydrogens is 413 g/mol. The van der Waals surface area contributed by atoms with Crippen LogP contribution in [0, 0.1) is 0 Å². The Hall–Kier alpha value is -0.0100. The third kappa shape index (κ3) is 7.23. The van der Waals surface area contributed by atoms with Crippen molar-refractivity contribution in [2.75, 3.05) is 13.7 Å². The molecule has 2 aliphatic heterocycles. The first-order chi connectivity index (χ1) is 12.4. The first kappa shape index (κ1) is 33.2. The monoisotopic (exact) mass is 467 g/mol. The molecule has 0 radical (unpaired) electrons. The molecule has 2 saturated heterocycles. The van der Waals surface area contributed by atoms with Crippen molar-refractivity contribution < 1.29 is 19.5 Å². The lowest BCUT2D eigenvalue weighted by molar-refractivity contribution is -0.258. The molecular formula is C23H54N3O4P. The molecule has 0 amide bonds. The smallest absolute Gasteiger partial charge is 0.209 e. The maximum absolute atomic E-state index is 10.5. The number of piperidine rings is 2. The highest BCUT2D eigenvalue weighted by molar-refractivity contribution is 7.55. The summed E-state index contributed by atoms with van der Waals surface area (Å²) in [6.07, 6.45) is 2.80. The molecule has 7 nitrogen and oxygen atoms in total. The van der Waals surface area contributed by atoms with Gasteiger partial charge >= 0.3 is 0 Å². The van der Waals surface area contributed by atoms with Gasteiger partial charge in [0.2, 0.25) is 7.51 Å². The van der Waals surface area contributed by atoms with Crippen molar-refractivity contribution in [3.8, 4) is 0 Å². The van der Waals surface area contributed by atoms with E-state index in [0.717, 1.165) is 0 Å². The lowest BCUT2D eigenvalue weighted by atomic mass is 9.80. The van der Waals surface area contributed by atoms with E-state index >= 15 is 0 Å². The van der Waals surface area contributed by atoms with E-state index in [4.69, 9.17) is 9.05 Å². The number of nitrogens with zero attached hydrogens (tertiary/aromatic N) is 3. The van der Waals surface area contributed by atoms with Gasteiger partial charge in [-0.05, 0) is 81.1 Å². The van der Waals surface area contributed by atoms with E-state index in [-0.39, 0.29) is 56.6 Å². The summed E-state index contributed by atoms with van der Waals surface area (Å²) >= 11 is 0. The maximum Gasteiger partial charge on any atom is 0.209 e. The number of hydroxylamine groups is 4. The van der Waals surface area contributed by atoms with Crippen molar-refractivity contribution in [1.29, 1.82) is 0 Å². The fraction of sp³-hybridized carbons (Fsp3) is 1.00. The quantitative estimate of drug-likeness (QED) is 0.432. The van der Waals surface area contributed by atoms with E-state index < -0.39 is 7.51 Å². The van der Waals surface area contributed by atoms with Crippen LogP contribution in [-0.2, 0) is 9.05 Å². The zero-order valence-corrected chi connectivity index (χ0v) is 20.4. The zero-order valence-electron chi connectivity index (χ0n) is 19.5. The van der Waals surface area contributed by atoms with Crippen LogP contribution in [0.3, 0.4) is 0 Å². The topological polar surface area (TPSA) is 77.8 Å². The van der Waals surface area contributed by atoms with Crippen LogP contribution in [0.15, 0.2) is 4.74 Å². The Kier molecular flexibility index (Phi) is 11.2. The van der Waals surface area contributed by atoms with Crippen LogP contribution < -0.4 is 0 Å². The van der Waals surface area contributed by atoms with Crippen LogP contribution in [0.5, 0.6) is 0 Å². The Morgan fingerprint density at radius 3 is 1.10 bits per heavy atom. The molecule has 31 heavy (non-hydrogen) atoms. The minimum Gasteiger partial charge on any atom is -0.320 e. The van der Waals surface area contributed by atoms with Crippen molar-refractivity contribution in [1.82, 2.24) is 10.1 Å². The second-order valence-electron chi connectivity index (χ2n) is 11.1. The highest BCUT2D eigenvalue weighted by Crippen LogP contribution is 2.55. The second-order valence-corrected chi connectivity index (χ2v) is 13.6. The Bertz CT molecular complexity index is 550. The van der Waals surface area contributed by atoms with Crippen molar-refractivity contribution in [3.05, 3.63) is 0 Å². The van der Waals surface area contributed by atoms with Gasteiger partial charge in [0.15, 0.2) is 0 Å². The number of rotatable bonds is 4. The number of hydrogen-bond donors (Lipinski definition) is 2. The molecule has 0 aromatic rings. The third-order valence-electron chi connectivity index (χ3n) is 6.25. The molecule has 0 aromatic heterocycles. The van der Waals surface area contributed by atoms with Gasteiger partial charge in [0, 0.05) is 35.9 Å². The van der Waals surface area contributed by atoms with E-state index in [1.54, 1.807) is 7.05 Å². The molecule has 0 spiro atoms. The molecule has 0 bridgehead atoms. The van der Waals surface area contributed by atoms with E-state index in [1.165, 1.54) is 10.1 Å². The molecule has 190 valence electrons. The largest absolute Gasteiger partial charge is 0.320 e. The first-order valence-electron chi connectivity index (χ1n) is 10.3. The Morgan fingerprint density at radius 2 is 0.903 bits per heavy atom. The van der Waals surface area contributed by atoms with Gasteiger partial charge in [-0.3, -0.25) is 4.74 Å². The molecule has 2 aliphatic rings. The lowest BCUT2D eigenvalue weighted by Crippen LogP contribution is -2.61. The molecule has 0 unspecified atom stereocenters. The van der Waals surface area contributed by atoms with E-state index in [0.29, 0.717) is 25.7 Å². The summed E-state index contributed by atoms with van der Waals surface area (Å²) in [7, 11) is -0.661. The average molecular weight is 468 g/mol. The summed E-state index contributed by atoms with van der Waals surface area (Å²) in [4.78, 5) is 0. The van der Waals surface area contributed by atoms with Crippen molar-refractivity contribution >= 4 is 7.51 Å².